The third-order valence-corrected chi connectivity index (χ3v) is 3.33. The van der Waals surface area contributed by atoms with E-state index in [1.807, 2.05) is 6.20 Å². The lowest BCUT2D eigenvalue weighted by Crippen LogP contribution is -2.42. The molecule has 1 aliphatic heterocycles. The van der Waals surface area contributed by atoms with Gasteiger partial charge in [0.1, 0.15) is 0 Å². The molecule has 1 atom stereocenters. The SMILES string of the molecule is C1=CNC2CC=CCC2=C1.O=C(O)CC(O)(CC(=O)O)C(=O)O. The zero-order chi connectivity index (χ0) is 17.5. The summed E-state index contributed by atoms with van der Waals surface area (Å²) in [7, 11) is 0. The second-order valence-electron chi connectivity index (χ2n) is 5.21. The molecular weight excluding hydrogens is 306 g/mol. The summed E-state index contributed by atoms with van der Waals surface area (Å²) >= 11 is 0. The van der Waals surface area contributed by atoms with Crippen LogP contribution in [0.5, 0.6) is 0 Å². The van der Waals surface area contributed by atoms with Crippen LogP contribution in [0.4, 0.5) is 0 Å². The van der Waals surface area contributed by atoms with E-state index in [9.17, 15) is 14.4 Å². The van der Waals surface area contributed by atoms with Crippen molar-refractivity contribution in [3.8, 4) is 0 Å². The number of nitrogens with one attached hydrogen (secondary N) is 1. The summed E-state index contributed by atoms with van der Waals surface area (Å²) < 4.78 is 0. The van der Waals surface area contributed by atoms with Crippen molar-refractivity contribution in [3.05, 3.63) is 36.1 Å². The van der Waals surface area contributed by atoms with Crippen LogP contribution in [0.1, 0.15) is 25.7 Å². The van der Waals surface area contributed by atoms with Crippen molar-refractivity contribution in [2.24, 2.45) is 0 Å². The first-order valence-electron chi connectivity index (χ1n) is 6.90. The lowest BCUT2D eigenvalue weighted by Gasteiger charge is -2.24. The molecule has 0 fully saturated rings. The van der Waals surface area contributed by atoms with Crippen molar-refractivity contribution < 1.29 is 34.8 Å². The van der Waals surface area contributed by atoms with Crippen LogP contribution in [0.3, 0.4) is 0 Å². The van der Waals surface area contributed by atoms with E-state index in [4.69, 9.17) is 20.4 Å². The zero-order valence-electron chi connectivity index (χ0n) is 12.3. The highest BCUT2D eigenvalue weighted by Crippen LogP contribution is 2.20. The minimum absolute atomic E-state index is 0.593. The van der Waals surface area contributed by atoms with Crippen molar-refractivity contribution in [3.63, 3.8) is 0 Å². The van der Waals surface area contributed by atoms with Gasteiger partial charge in [0.2, 0.25) is 0 Å². The second-order valence-corrected chi connectivity index (χ2v) is 5.21. The molecule has 8 nitrogen and oxygen atoms in total. The molecule has 5 N–H and O–H groups in total. The van der Waals surface area contributed by atoms with Gasteiger partial charge in [-0.15, -0.1) is 0 Å². The van der Waals surface area contributed by atoms with Gasteiger partial charge in [0, 0.05) is 0 Å². The number of dihydropyridines is 1. The number of carboxylic acids is 3. The quantitative estimate of drug-likeness (QED) is 0.460. The Balaban J connectivity index is 0.000000235. The molecular formula is C15H19NO7. The fraction of sp³-hybridized carbons (Fsp3) is 0.400. The summed E-state index contributed by atoms with van der Waals surface area (Å²) in [4.78, 5) is 30.5. The Morgan fingerprint density at radius 1 is 1.13 bits per heavy atom. The van der Waals surface area contributed by atoms with Crippen molar-refractivity contribution in [1.82, 2.24) is 5.32 Å². The number of fused-ring (bicyclic) bond motifs is 1. The smallest absolute Gasteiger partial charge is 0.336 e. The average molecular weight is 325 g/mol. The van der Waals surface area contributed by atoms with Crippen LogP contribution in [0.2, 0.25) is 0 Å². The number of carbonyl (C=O) groups is 3. The fourth-order valence-corrected chi connectivity index (χ4v) is 2.16. The molecule has 0 aromatic heterocycles. The van der Waals surface area contributed by atoms with Gasteiger partial charge in [-0.3, -0.25) is 9.59 Å². The van der Waals surface area contributed by atoms with Gasteiger partial charge in [0.05, 0.1) is 18.9 Å². The molecule has 0 saturated heterocycles. The van der Waals surface area contributed by atoms with Gasteiger partial charge in [-0.05, 0) is 30.7 Å². The standard InChI is InChI=1S/C9H11N.C6H8O7/c1-2-6-9-8(4-1)5-3-7-10-9;7-3(8)1-6(13,5(11)12)2-4(9)10/h1-3,5,7,9-10H,4,6H2;13H,1-2H2,(H,7,8)(H,9,10)(H,11,12). The number of hydrogen-bond donors (Lipinski definition) is 5. The Hall–Kier alpha value is -2.61. The molecule has 23 heavy (non-hydrogen) atoms. The third-order valence-electron chi connectivity index (χ3n) is 3.33. The van der Waals surface area contributed by atoms with Crippen LogP contribution in [0.15, 0.2) is 36.1 Å². The van der Waals surface area contributed by atoms with Crippen molar-refractivity contribution in [2.75, 3.05) is 0 Å². The minimum atomic E-state index is -2.74. The van der Waals surface area contributed by atoms with E-state index in [0.29, 0.717) is 6.04 Å². The number of allylic oxidation sites excluding steroid dienone is 3. The first-order valence-corrected chi connectivity index (χ1v) is 6.90. The molecule has 126 valence electrons. The van der Waals surface area contributed by atoms with E-state index in [1.54, 1.807) is 0 Å². The number of carboxylic acid groups (broad SMARTS) is 3. The Morgan fingerprint density at radius 2 is 1.74 bits per heavy atom. The number of aliphatic carboxylic acids is 3. The van der Waals surface area contributed by atoms with E-state index < -0.39 is 36.4 Å². The summed E-state index contributed by atoms with van der Waals surface area (Å²) in [5.41, 5.74) is -1.22. The molecule has 0 aromatic carbocycles. The van der Waals surface area contributed by atoms with Gasteiger partial charge < -0.3 is 25.7 Å². The summed E-state index contributed by atoms with van der Waals surface area (Å²) in [6.45, 7) is 0. The Bertz CT molecular complexity index is 546. The fourth-order valence-electron chi connectivity index (χ4n) is 2.16. The van der Waals surface area contributed by atoms with Gasteiger partial charge in [0.15, 0.2) is 5.60 Å². The minimum Gasteiger partial charge on any atom is -0.481 e. The first-order chi connectivity index (χ1) is 10.7. The molecule has 0 saturated carbocycles. The molecule has 0 amide bonds. The van der Waals surface area contributed by atoms with Crippen LogP contribution in [0.25, 0.3) is 0 Å². The van der Waals surface area contributed by atoms with E-state index in [2.05, 4.69) is 29.6 Å². The molecule has 0 bridgehead atoms. The third kappa shape index (κ3) is 5.95. The Kier molecular flexibility index (Phi) is 6.52. The summed E-state index contributed by atoms with van der Waals surface area (Å²) in [6, 6.07) is 0.593. The largest absolute Gasteiger partial charge is 0.481 e. The topological polar surface area (TPSA) is 144 Å². The van der Waals surface area contributed by atoms with Crippen LogP contribution in [-0.2, 0) is 14.4 Å². The van der Waals surface area contributed by atoms with Crippen LogP contribution in [0, 0.1) is 0 Å². The molecule has 2 aliphatic rings. The van der Waals surface area contributed by atoms with Gasteiger partial charge in [-0.1, -0.05) is 18.2 Å². The first kappa shape index (κ1) is 18.4. The molecule has 1 aliphatic carbocycles. The van der Waals surface area contributed by atoms with E-state index in [-0.39, 0.29) is 0 Å². The van der Waals surface area contributed by atoms with E-state index in [0.717, 1.165) is 12.8 Å². The number of aliphatic hydroxyl groups is 1. The summed E-state index contributed by atoms with van der Waals surface area (Å²) in [6.07, 6.45) is 10.8. The molecule has 8 heteroatoms. The highest BCUT2D eigenvalue weighted by atomic mass is 16.4. The van der Waals surface area contributed by atoms with Crippen LogP contribution < -0.4 is 5.32 Å². The lowest BCUT2D eigenvalue weighted by atomic mass is 9.94. The van der Waals surface area contributed by atoms with Gasteiger partial charge >= 0.3 is 17.9 Å². The number of rotatable bonds is 5. The average Bonchev–Trinajstić information content (AvgIpc) is 2.46. The van der Waals surface area contributed by atoms with Gasteiger partial charge in [0.25, 0.3) is 0 Å². The predicted molar refractivity (Wildman–Crippen MR) is 79.6 cm³/mol. The van der Waals surface area contributed by atoms with Crippen molar-refractivity contribution in [2.45, 2.75) is 37.3 Å². The van der Waals surface area contributed by atoms with Gasteiger partial charge in [-0.25, -0.2) is 4.79 Å². The Labute approximate surface area is 132 Å². The second kappa shape index (κ2) is 8.14. The zero-order valence-corrected chi connectivity index (χ0v) is 12.3. The highest BCUT2D eigenvalue weighted by molar-refractivity contribution is 5.88. The van der Waals surface area contributed by atoms with Gasteiger partial charge in [-0.2, -0.15) is 0 Å². The van der Waals surface area contributed by atoms with Crippen molar-refractivity contribution in [1.29, 1.82) is 0 Å². The Morgan fingerprint density at radius 3 is 2.22 bits per heavy atom. The molecule has 2 rings (SSSR count). The monoisotopic (exact) mass is 325 g/mol. The maximum absolute atomic E-state index is 10.3. The molecule has 0 spiro atoms. The maximum atomic E-state index is 10.3. The molecule has 1 heterocycles. The molecule has 1 unspecified atom stereocenters. The summed E-state index contributed by atoms with van der Waals surface area (Å²) in [5.74, 6) is -5.02. The van der Waals surface area contributed by atoms with E-state index >= 15 is 0 Å². The maximum Gasteiger partial charge on any atom is 0.336 e. The predicted octanol–water partition coefficient (Wildman–Crippen LogP) is 0.500. The van der Waals surface area contributed by atoms with Crippen LogP contribution in [-0.4, -0.2) is 50.0 Å². The van der Waals surface area contributed by atoms with Crippen LogP contribution >= 0.6 is 0 Å². The normalized spacial score (nSPS) is 18.7. The highest BCUT2D eigenvalue weighted by Gasteiger charge is 2.40. The molecule has 0 radical (unpaired) electrons. The lowest BCUT2D eigenvalue weighted by molar-refractivity contribution is -0.170. The number of hydrogen-bond acceptors (Lipinski definition) is 5. The molecule has 0 aromatic rings. The van der Waals surface area contributed by atoms with E-state index in [1.165, 1.54) is 5.57 Å². The van der Waals surface area contributed by atoms with Crippen molar-refractivity contribution >= 4 is 17.9 Å². The summed E-state index contributed by atoms with van der Waals surface area (Å²) in [5, 5.41) is 37.1.